The maximum Gasteiger partial charge on any atom is 0.242 e. The first-order chi connectivity index (χ1) is 12.4. The van der Waals surface area contributed by atoms with Crippen LogP contribution < -0.4 is 4.74 Å². The average Bonchev–Trinajstić information content (AvgIpc) is 3.51. The molecule has 0 aromatic heterocycles. The molecule has 1 aliphatic rings. The zero-order valence-corrected chi connectivity index (χ0v) is 15.8. The molecule has 0 heterocycles. The van der Waals surface area contributed by atoms with Crippen LogP contribution in [0.5, 0.6) is 5.75 Å². The second-order valence-corrected chi connectivity index (χ2v) is 8.63. The second-order valence-electron chi connectivity index (χ2n) is 6.59. The van der Waals surface area contributed by atoms with Crippen molar-refractivity contribution in [3.05, 3.63) is 59.7 Å². The van der Waals surface area contributed by atoms with E-state index in [0.717, 1.165) is 24.2 Å². The number of rotatable bonds is 8. The van der Waals surface area contributed by atoms with E-state index in [4.69, 9.17) is 4.74 Å². The Morgan fingerprint density at radius 2 is 1.69 bits per heavy atom. The van der Waals surface area contributed by atoms with E-state index in [1.54, 1.807) is 26.3 Å². The molecule has 6 heteroatoms. The highest BCUT2D eigenvalue weighted by Crippen LogP contribution is 2.32. The molecule has 0 bridgehead atoms. The third-order valence-electron chi connectivity index (χ3n) is 4.67. The van der Waals surface area contributed by atoms with Gasteiger partial charge in [-0.1, -0.05) is 24.3 Å². The van der Waals surface area contributed by atoms with Gasteiger partial charge in [0.1, 0.15) is 5.75 Å². The molecular formula is C20H23NO4S. The van der Waals surface area contributed by atoms with Crippen LogP contribution in [0.4, 0.5) is 0 Å². The molecule has 0 amide bonds. The van der Waals surface area contributed by atoms with Gasteiger partial charge in [-0.15, -0.1) is 0 Å². The highest BCUT2D eigenvalue weighted by Gasteiger charge is 2.30. The maximum absolute atomic E-state index is 12.7. The number of sulfonamides is 1. The molecule has 26 heavy (non-hydrogen) atoms. The Hall–Kier alpha value is -2.18. The van der Waals surface area contributed by atoms with Gasteiger partial charge in [0, 0.05) is 25.1 Å². The van der Waals surface area contributed by atoms with Crippen molar-refractivity contribution in [2.75, 3.05) is 20.7 Å². The summed E-state index contributed by atoms with van der Waals surface area (Å²) in [4.78, 5) is 12.2. The number of benzene rings is 2. The van der Waals surface area contributed by atoms with E-state index in [2.05, 4.69) is 0 Å². The number of carbonyl (C=O) groups is 1. The van der Waals surface area contributed by atoms with Crippen LogP contribution in [0.2, 0.25) is 0 Å². The van der Waals surface area contributed by atoms with Crippen LogP contribution in [-0.4, -0.2) is 39.2 Å². The molecule has 0 saturated heterocycles. The summed E-state index contributed by atoms with van der Waals surface area (Å²) < 4.78 is 31.9. The van der Waals surface area contributed by atoms with Gasteiger partial charge in [0.15, 0.2) is 5.78 Å². The summed E-state index contributed by atoms with van der Waals surface area (Å²) in [5, 5.41) is 0. The third kappa shape index (κ3) is 4.14. The van der Waals surface area contributed by atoms with Crippen LogP contribution >= 0.6 is 0 Å². The first-order valence-electron chi connectivity index (χ1n) is 8.65. The summed E-state index contributed by atoms with van der Waals surface area (Å²) in [5.74, 6) is 1.02. The predicted molar refractivity (Wildman–Crippen MR) is 100 cm³/mol. The van der Waals surface area contributed by atoms with Crippen LogP contribution in [0.3, 0.4) is 0 Å². The predicted octanol–water partition coefficient (Wildman–Crippen LogP) is 3.15. The monoisotopic (exact) mass is 373 g/mol. The van der Waals surface area contributed by atoms with E-state index in [1.165, 1.54) is 16.4 Å². The van der Waals surface area contributed by atoms with Crippen LogP contribution in [0.1, 0.15) is 28.8 Å². The van der Waals surface area contributed by atoms with Gasteiger partial charge in [-0.3, -0.25) is 4.79 Å². The van der Waals surface area contributed by atoms with Crippen molar-refractivity contribution in [3.8, 4) is 5.75 Å². The summed E-state index contributed by atoms with van der Waals surface area (Å²) in [5.41, 5.74) is 1.63. The lowest BCUT2D eigenvalue weighted by Gasteiger charge is -2.17. The number of ether oxygens (including phenoxy) is 1. The van der Waals surface area contributed by atoms with Crippen LogP contribution in [-0.2, 0) is 16.4 Å². The molecule has 0 N–H and O–H groups in total. The fraction of sp³-hybridized carbons (Fsp3) is 0.350. The molecule has 0 aliphatic heterocycles. The Bertz CT molecular complexity index is 869. The first kappa shape index (κ1) is 18.6. The van der Waals surface area contributed by atoms with E-state index in [0.29, 0.717) is 18.5 Å². The zero-order chi connectivity index (χ0) is 18.7. The molecule has 1 saturated carbocycles. The summed E-state index contributed by atoms with van der Waals surface area (Å²) in [6.07, 6.45) is 2.48. The molecule has 138 valence electrons. The Kier molecular flexibility index (Phi) is 5.44. The number of ketones is 1. The summed E-state index contributed by atoms with van der Waals surface area (Å²) in [7, 11) is -0.390. The maximum atomic E-state index is 12.7. The number of nitrogens with zero attached hydrogens (tertiary/aromatic N) is 1. The standard InChI is InChI=1S/C20H23NO4S/c1-21(14-13-15-3-9-18(25-2)10-4-15)26(23,24)19-11-7-17(8-12-19)20(22)16-5-6-16/h3-4,7-12,16H,5-6,13-14H2,1-2H3. The van der Waals surface area contributed by atoms with Gasteiger partial charge >= 0.3 is 0 Å². The minimum absolute atomic E-state index is 0.113. The molecule has 0 atom stereocenters. The largest absolute Gasteiger partial charge is 0.497 e. The van der Waals surface area contributed by atoms with Crippen molar-refractivity contribution in [3.63, 3.8) is 0 Å². The quantitative estimate of drug-likeness (QED) is 0.667. The van der Waals surface area contributed by atoms with Gasteiger partial charge in [0.25, 0.3) is 0 Å². The summed E-state index contributed by atoms with van der Waals surface area (Å²) in [6, 6.07) is 13.9. The van der Waals surface area contributed by atoms with Gasteiger partial charge in [-0.05, 0) is 49.1 Å². The third-order valence-corrected chi connectivity index (χ3v) is 6.54. The molecule has 2 aromatic rings. The highest BCUT2D eigenvalue weighted by molar-refractivity contribution is 7.89. The van der Waals surface area contributed by atoms with Crippen molar-refractivity contribution in [1.29, 1.82) is 0 Å². The van der Waals surface area contributed by atoms with Gasteiger partial charge in [0.05, 0.1) is 12.0 Å². The summed E-state index contributed by atoms with van der Waals surface area (Å²) in [6.45, 7) is 0.372. The van der Waals surface area contributed by atoms with Crippen molar-refractivity contribution < 1.29 is 17.9 Å². The lowest BCUT2D eigenvalue weighted by molar-refractivity contribution is 0.0967. The summed E-state index contributed by atoms with van der Waals surface area (Å²) >= 11 is 0. The first-order valence-corrected chi connectivity index (χ1v) is 10.1. The minimum Gasteiger partial charge on any atom is -0.497 e. The van der Waals surface area contributed by atoms with Crippen LogP contribution in [0.25, 0.3) is 0 Å². The number of likely N-dealkylation sites (N-methyl/N-ethyl adjacent to an activating group) is 1. The molecule has 3 rings (SSSR count). The SMILES string of the molecule is COc1ccc(CCN(C)S(=O)(=O)c2ccc(C(=O)C3CC3)cc2)cc1. The van der Waals surface area contributed by atoms with E-state index >= 15 is 0 Å². The van der Waals surface area contributed by atoms with Gasteiger partial charge < -0.3 is 4.74 Å². The molecule has 2 aromatic carbocycles. The minimum atomic E-state index is -3.57. The van der Waals surface area contributed by atoms with E-state index < -0.39 is 10.0 Å². The number of carbonyl (C=O) groups excluding carboxylic acids is 1. The Morgan fingerprint density at radius 3 is 2.23 bits per heavy atom. The fourth-order valence-electron chi connectivity index (χ4n) is 2.75. The molecule has 0 radical (unpaired) electrons. The Labute approximate surface area is 154 Å². The number of hydrogen-bond donors (Lipinski definition) is 0. The molecule has 1 fully saturated rings. The van der Waals surface area contributed by atoms with Crippen molar-refractivity contribution in [2.45, 2.75) is 24.2 Å². The van der Waals surface area contributed by atoms with Crippen molar-refractivity contribution in [1.82, 2.24) is 4.31 Å². The molecule has 1 aliphatic carbocycles. The second kappa shape index (κ2) is 7.60. The van der Waals surface area contributed by atoms with E-state index in [9.17, 15) is 13.2 Å². The van der Waals surface area contributed by atoms with Crippen molar-refractivity contribution >= 4 is 15.8 Å². The normalized spacial score (nSPS) is 14.4. The zero-order valence-electron chi connectivity index (χ0n) is 15.0. The van der Waals surface area contributed by atoms with Crippen LogP contribution in [0, 0.1) is 5.92 Å². The highest BCUT2D eigenvalue weighted by atomic mass is 32.2. The van der Waals surface area contributed by atoms with Crippen LogP contribution in [0.15, 0.2) is 53.4 Å². The van der Waals surface area contributed by atoms with Gasteiger partial charge in [-0.25, -0.2) is 12.7 Å². The molecule has 0 spiro atoms. The lowest BCUT2D eigenvalue weighted by atomic mass is 10.1. The molecule has 5 nitrogen and oxygen atoms in total. The fourth-order valence-corrected chi connectivity index (χ4v) is 3.92. The molecule has 0 unspecified atom stereocenters. The number of methoxy groups -OCH3 is 1. The Balaban J connectivity index is 1.64. The van der Waals surface area contributed by atoms with Crippen molar-refractivity contribution in [2.24, 2.45) is 5.92 Å². The topological polar surface area (TPSA) is 63.7 Å². The number of hydrogen-bond acceptors (Lipinski definition) is 4. The average molecular weight is 373 g/mol. The Morgan fingerprint density at radius 1 is 1.08 bits per heavy atom. The lowest BCUT2D eigenvalue weighted by Crippen LogP contribution is -2.29. The van der Waals surface area contributed by atoms with E-state index in [1.807, 2.05) is 24.3 Å². The smallest absolute Gasteiger partial charge is 0.242 e. The molecular weight excluding hydrogens is 350 g/mol. The van der Waals surface area contributed by atoms with Gasteiger partial charge in [0.2, 0.25) is 10.0 Å². The van der Waals surface area contributed by atoms with E-state index in [-0.39, 0.29) is 16.6 Å². The number of Topliss-reactive ketones (excluding diaryl/α,β-unsaturated/α-hetero) is 1. The van der Waals surface area contributed by atoms with Gasteiger partial charge in [-0.2, -0.15) is 0 Å².